The van der Waals surface area contributed by atoms with E-state index in [1.807, 2.05) is 34.7 Å². The Morgan fingerprint density at radius 1 is 1.45 bits per heavy atom. The van der Waals surface area contributed by atoms with Crippen LogP contribution in [0.4, 0.5) is 0 Å². The molecule has 22 heavy (non-hydrogen) atoms. The first kappa shape index (κ1) is 14.7. The summed E-state index contributed by atoms with van der Waals surface area (Å²) >= 11 is 0. The van der Waals surface area contributed by atoms with Crippen molar-refractivity contribution in [1.29, 1.82) is 0 Å². The number of aromatic nitrogens is 3. The van der Waals surface area contributed by atoms with Crippen molar-refractivity contribution in [3.8, 4) is 0 Å². The van der Waals surface area contributed by atoms with Crippen LogP contribution in [0.1, 0.15) is 23.8 Å². The number of aryl methyl sites for hydroxylation is 2. The Bertz CT molecular complexity index is 627. The van der Waals surface area contributed by atoms with Crippen molar-refractivity contribution in [2.24, 2.45) is 0 Å². The van der Waals surface area contributed by atoms with E-state index < -0.39 is 0 Å². The predicted molar refractivity (Wildman–Crippen MR) is 81.1 cm³/mol. The highest BCUT2D eigenvalue weighted by molar-refractivity contribution is 5.76. The standard InChI is InChI=1S/C16H20N4O2/c1-13-10-14(2-4-18-13)15-11-20(8-9-22-15)16(21)3-6-19-7-5-17-12-19/h2,4-5,7,10,12,15H,3,6,8-9,11H2,1H3. The summed E-state index contributed by atoms with van der Waals surface area (Å²) in [6.07, 6.45) is 7.53. The fourth-order valence-electron chi connectivity index (χ4n) is 2.65. The van der Waals surface area contributed by atoms with Crippen LogP contribution in [0.5, 0.6) is 0 Å². The van der Waals surface area contributed by atoms with E-state index >= 15 is 0 Å². The monoisotopic (exact) mass is 300 g/mol. The van der Waals surface area contributed by atoms with Crippen LogP contribution >= 0.6 is 0 Å². The minimum Gasteiger partial charge on any atom is -0.370 e. The average molecular weight is 300 g/mol. The summed E-state index contributed by atoms with van der Waals surface area (Å²) in [5.74, 6) is 0.160. The third kappa shape index (κ3) is 3.51. The van der Waals surface area contributed by atoms with Gasteiger partial charge in [-0.3, -0.25) is 9.78 Å². The number of rotatable bonds is 4. The van der Waals surface area contributed by atoms with Crippen LogP contribution in [-0.4, -0.2) is 45.0 Å². The molecule has 0 aromatic carbocycles. The summed E-state index contributed by atoms with van der Waals surface area (Å²) in [7, 11) is 0. The van der Waals surface area contributed by atoms with Gasteiger partial charge < -0.3 is 14.2 Å². The topological polar surface area (TPSA) is 60.2 Å². The molecular formula is C16H20N4O2. The van der Waals surface area contributed by atoms with Crippen LogP contribution in [0.15, 0.2) is 37.1 Å². The maximum absolute atomic E-state index is 12.4. The van der Waals surface area contributed by atoms with Crippen LogP contribution in [0.25, 0.3) is 0 Å². The number of imidazole rings is 1. The maximum Gasteiger partial charge on any atom is 0.224 e. The molecule has 0 aliphatic carbocycles. The van der Waals surface area contributed by atoms with Crippen LogP contribution in [-0.2, 0) is 16.1 Å². The zero-order valence-electron chi connectivity index (χ0n) is 12.7. The molecule has 116 valence electrons. The number of amides is 1. The van der Waals surface area contributed by atoms with Crippen molar-refractivity contribution >= 4 is 5.91 Å². The zero-order valence-corrected chi connectivity index (χ0v) is 12.7. The molecule has 1 aliphatic heterocycles. The number of nitrogens with zero attached hydrogens (tertiary/aromatic N) is 4. The van der Waals surface area contributed by atoms with Gasteiger partial charge in [-0.2, -0.15) is 0 Å². The molecule has 2 aromatic rings. The minimum absolute atomic E-state index is 0.0624. The Kier molecular flexibility index (Phi) is 4.48. The number of carbonyl (C=O) groups is 1. The lowest BCUT2D eigenvalue weighted by molar-refractivity contribution is -0.139. The fraction of sp³-hybridized carbons (Fsp3) is 0.438. The zero-order chi connectivity index (χ0) is 15.4. The minimum atomic E-state index is -0.0624. The molecule has 0 saturated carbocycles. The highest BCUT2D eigenvalue weighted by atomic mass is 16.5. The molecule has 2 aromatic heterocycles. The summed E-state index contributed by atoms with van der Waals surface area (Å²) in [4.78, 5) is 22.4. The Hall–Kier alpha value is -2.21. The Labute approximate surface area is 129 Å². The van der Waals surface area contributed by atoms with Gasteiger partial charge in [0.05, 0.1) is 19.5 Å². The second-order valence-electron chi connectivity index (χ2n) is 5.48. The number of hydrogen-bond donors (Lipinski definition) is 0. The molecule has 1 saturated heterocycles. The van der Waals surface area contributed by atoms with Crippen molar-refractivity contribution in [2.75, 3.05) is 19.7 Å². The maximum atomic E-state index is 12.4. The van der Waals surface area contributed by atoms with Crippen molar-refractivity contribution in [3.63, 3.8) is 0 Å². The highest BCUT2D eigenvalue weighted by Gasteiger charge is 2.25. The van der Waals surface area contributed by atoms with Crippen LogP contribution in [0, 0.1) is 6.92 Å². The molecule has 3 heterocycles. The normalized spacial score (nSPS) is 18.4. The van der Waals surface area contributed by atoms with Crippen molar-refractivity contribution in [1.82, 2.24) is 19.4 Å². The number of morpholine rings is 1. The largest absolute Gasteiger partial charge is 0.370 e. The Balaban J connectivity index is 1.59. The lowest BCUT2D eigenvalue weighted by Gasteiger charge is -2.33. The van der Waals surface area contributed by atoms with Gasteiger partial charge in [-0.1, -0.05) is 0 Å². The van der Waals surface area contributed by atoms with Crippen molar-refractivity contribution in [2.45, 2.75) is 26.0 Å². The first-order chi connectivity index (χ1) is 10.7. The Morgan fingerprint density at radius 2 is 2.36 bits per heavy atom. The molecule has 1 fully saturated rings. The third-order valence-electron chi connectivity index (χ3n) is 3.85. The van der Waals surface area contributed by atoms with Crippen molar-refractivity contribution < 1.29 is 9.53 Å². The van der Waals surface area contributed by atoms with Crippen LogP contribution < -0.4 is 0 Å². The summed E-state index contributed by atoms with van der Waals surface area (Å²) in [5, 5.41) is 0. The van der Waals surface area contributed by atoms with Gasteiger partial charge in [0, 0.05) is 43.8 Å². The number of ether oxygens (including phenoxy) is 1. The van der Waals surface area contributed by atoms with Gasteiger partial charge in [-0.05, 0) is 24.6 Å². The van der Waals surface area contributed by atoms with Gasteiger partial charge in [0.2, 0.25) is 5.91 Å². The highest BCUT2D eigenvalue weighted by Crippen LogP contribution is 2.22. The number of carbonyl (C=O) groups excluding carboxylic acids is 1. The molecule has 1 amide bonds. The molecule has 1 unspecified atom stereocenters. The lowest BCUT2D eigenvalue weighted by atomic mass is 10.1. The van der Waals surface area contributed by atoms with E-state index in [1.165, 1.54) is 0 Å². The third-order valence-corrected chi connectivity index (χ3v) is 3.85. The van der Waals surface area contributed by atoms with Gasteiger partial charge in [-0.25, -0.2) is 4.98 Å². The van der Waals surface area contributed by atoms with E-state index in [0.29, 0.717) is 32.7 Å². The molecule has 3 rings (SSSR count). The molecule has 1 atom stereocenters. The predicted octanol–water partition coefficient (Wildman–Crippen LogP) is 1.58. The van der Waals surface area contributed by atoms with Crippen LogP contribution in [0.3, 0.4) is 0 Å². The van der Waals surface area contributed by atoms with E-state index in [1.54, 1.807) is 18.7 Å². The molecule has 0 spiro atoms. The second-order valence-corrected chi connectivity index (χ2v) is 5.48. The molecule has 6 nitrogen and oxygen atoms in total. The van der Waals surface area contributed by atoms with Gasteiger partial charge in [0.25, 0.3) is 0 Å². The molecular weight excluding hydrogens is 280 g/mol. The van der Waals surface area contributed by atoms with Gasteiger partial charge in [0.1, 0.15) is 6.10 Å². The Morgan fingerprint density at radius 3 is 3.14 bits per heavy atom. The van der Waals surface area contributed by atoms with Crippen LogP contribution in [0.2, 0.25) is 0 Å². The summed E-state index contributed by atoms with van der Waals surface area (Å²) in [6, 6.07) is 3.97. The smallest absolute Gasteiger partial charge is 0.224 e. The summed E-state index contributed by atoms with van der Waals surface area (Å²) < 4.78 is 7.73. The SMILES string of the molecule is Cc1cc(C2CN(C(=O)CCn3ccnc3)CCO2)ccn1. The van der Waals surface area contributed by atoms with E-state index in [4.69, 9.17) is 4.74 Å². The van der Waals surface area contributed by atoms with Gasteiger partial charge >= 0.3 is 0 Å². The molecule has 1 aliphatic rings. The molecule has 0 N–H and O–H groups in total. The van der Waals surface area contributed by atoms with E-state index in [-0.39, 0.29) is 12.0 Å². The quantitative estimate of drug-likeness (QED) is 0.860. The van der Waals surface area contributed by atoms with E-state index in [0.717, 1.165) is 11.3 Å². The van der Waals surface area contributed by atoms with Crippen molar-refractivity contribution in [3.05, 3.63) is 48.3 Å². The number of hydrogen-bond acceptors (Lipinski definition) is 4. The van der Waals surface area contributed by atoms with E-state index in [9.17, 15) is 4.79 Å². The number of pyridine rings is 1. The first-order valence-electron chi connectivity index (χ1n) is 7.50. The summed E-state index contributed by atoms with van der Waals surface area (Å²) in [5.41, 5.74) is 2.05. The molecule has 0 bridgehead atoms. The average Bonchev–Trinajstić information content (AvgIpc) is 3.06. The van der Waals surface area contributed by atoms with Gasteiger partial charge in [0.15, 0.2) is 0 Å². The second kappa shape index (κ2) is 6.70. The lowest BCUT2D eigenvalue weighted by Crippen LogP contribution is -2.42. The first-order valence-corrected chi connectivity index (χ1v) is 7.50. The summed E-state index contributed by atoms with van der Waals surface area (Å²) in [6.45, 7) is 4.45. The fourth-order valence-corrected chi connectivity index (χ4v) is 2.65. The van der Waals surface area contributed by atoms with Gasteiger partial charge in [-0.15, -0.1) is 0 Å². The molecule has 0 radical (unpaired) electrons. The molecule has 6 heteroatoms. The van der Waals surface area contributed by atoms with E-state index in [2.05, 4.69) is 9.97 Å².